The monoisotopic (exact) mass is 551 g/mol. The molecule has 3 aliphatic heterocycles. The van der Waals surface area contributed by atoms with Crippen LogP contribution in [0.1, 0.15) is 45.2 Å². The molecule has 6 heterocycles. The Bertz CT molecular complexity index is 1480. The molecule has 3 saturated heterocycles. The molecule has 3 aromatic rings. The summed E-state index contributed by atoms with van der Waals surface area (Å²) in [6.07, 6.45) is 8.76. The van der Waals surface area contributed by atoms with Gasteiger partial charge in [0.15, 0.2) is 0 Å². The van der Waals surface area contributed by atoms with E-state index in [9.17, 15) is 8.42 Å². The maximum atomic E-state index is 11.6. The SMILES string of the molecule is CC(C)c1ncc(N2C[C@H](CCS(C)(=O)=O)[C@H]2C)c2cnc(Nc3ccnc(N4CC[C@H]5COC[C@H]54)n3)cc12. The second-order valence-electron chi connectivity index (χ2n) is 11.6. The normalized spacial score (nSPS) is 24.8. The standard InChI is InChI=1S/C28H37N7O3S/c1-17(2)27-21-11-26(32-25-5-8-29-28(33-25)34-9-6-20-15-38-16-24(20)34)30-12-22(21)23(13-31-27)35-14-19(18(35)3)7-10-39(4,36)37/h5,8,11-13,17-20,24H,6-7,9-10,14-16H2,1-4H3,(H,29,30,32,33)/t18-,19+,20+,24-/m1/s1. The smallest absolute Gasteiger partial charge is 0.227 e. The fourth-order valence-corrected chi connectivity index (χ4v) is 6.95. The molecule has 39 heavy (non-hydrogen) atoms. The molecule has 0 amide bonds. The Morgan fingerprint density at radius 3 is 2.72 bits per heavy atom. The van der Waals surface area contributed by atoms with Gasteiger partial charge in [0.1, 0.15) is 21.5 Å². The van der Waals surface area contributed by atoms with E-state index in [0.29, 0.717) is 35.9 Å². The summed E-state index contributed by atoms with van der Waals surface area (Å²) < 4.78 is 29.0. The molecule has 0 aromatic carbocycles. The zero-order chi connectivity index (χ0) is 27.3. The average molecular weight is 552 g/mol. The first-order valence-electron chi connectivity index (χ1n) is 13.9. The van der Waals surface area contributed by atoms with Gasteiger partial charge in [0, 0.05) is 54.5 Å². The Morgan fingerprint density at radius 1 is 1.10 bits per heavy atom. The number of anilines is 4. The van der Waals surface area contributed by atoms with Crippen molar-refractivity contribution in [2.24, 2.45) is 11.8 Å². The molecule has 208 valence electrons. The molecule has 0 saturated carbocycles. The first-order chi connectivity index (χ1) is 18.7. The first-order valence-corrected chi connectivity index (χ1v) is 15.9. The highest BCUT2D eigenvalue weighted by atomic mass is 32.2. The Balaban J connectivity index is 1.25. The number of rotatable bonds is 8. The van der Waals surface area contributed by atoms with Crippen LogP contribution in [-0.4, -0.2) is 78.7 Å². The molecular formula is C28H37N7O3S. The summed E-state index contributed by atoms with van der Waals surface area (Å²) in [7, 11) is -2.96. The van der Waals surface area contributed by atoms with Gasteiger partial charge >= 0.3 is 0 Å². The van der Waals surface area contributed by atoms with Gasteiger partial charge in [-0.05, 0) is 43.7 Å². The Kier molecular flexibility index (Phi) is 6.83. The van der Waals surface area contributed by atoms with Gasteiger partial charge in [-0.15, -0.1) is 0 Å². The number of nitrogens with zero attached hydrogens (tertiary/aromatic N) is 6. The molecule has 10 nitrogen and oxygen atoms in total. The lowest BCUT2D eigenvalue weighted by Gasteiger charge is -2.48. The number of hydrogen-bond acceptors (Lipinski definition) is 10. The highest BCUT2D eigenvalue weighted by Crippen LogP contribution is 2.39. The van der Waals surface area contributed by atoms with E-state index in [4.69, 9.17) is 19.7 Å². The number of hydrogen-bond donors (Lipinski definition) is 1. The highest BCUT2D eigenvalue weighted by molar-refractivity contribution is 7.90. The minimum absolute atomic E-state index is 0.231. The molecule has 0 spiro atoms. The Morgan fingerprint density at radius 2 is 1.95 bits per heavy atom. The zero-order valence-electron chi connectivity index (χ0n) is 23.0. The van der Waals surface area contributed by atoms with Gasteiger partial charge in [-0.25, -0.2) is 18.4 Å². The van der Waals surface area contributed by atoms with Crippen molar-refractivity contribution >= 4 is 43.9 Å². The number of aromatic nitrogens is 4. The van der Waals surface area contributed by atoms with Crippen LogP contribution in [0.3, 0.4) is 0 Å². The van der Waals surface area contributed by atoms with Gasteiger partial charge in [0.2, 0.25) is 5.95 Å². The third-order valence-electron chi connectivity index (χ3n) is 8.56. The first kappa shape index (κ1) is 26.2. The number of sulfone groups is 1. The molecule has 0 unspecified atom stereocenters. The van der Waals surface area contributed by atoms with Crippen LogP contribution in [0, 0.1) is 11.8 Å². The molecule has 3 fully saturated rings. The van der Waals surface area contributed by atoms with Crippen LogP contribution in [-0.2, 0) is 14.6 Å². The minimum atomic E-state index is -2.96. The lowest BCUT2D eigenvalue weighted by Crippen LogP contribution is -2.55. The average Bonchev–Trinajstić information content (AvgIpc) is 3.51. The Hall–Kier alpha value is -3.05. The van der Waals surface area contributed by atoms with Crippen LogP contribution in [0.2, 0.25) is 0 Å². The van der Waals surface area contributed by atoms with Gasteiger partial charge in [0.05, 0.1) is 42.6 Å². The quantitative estimate of drug-likeness (QED) is 0.444. The summed E-state index contributed by atoms with van der Waals surface area (Å²) in [5.74, 6) is 3.52. The van der Waals surface area contributed by atoms with Crippen LogP contribution in [0.25, 0.3) is 10.8 Å². The zero-order valence-corrected chi connectivity index (χ0v) is 23.9. The van der Waals surface area contributed by atoms with E-state index >= 15 is 0 Å². The Labute approximate surface area is 230 Å². The summed E-state index contributed by atoms with van der Waals surface area (Å²) in [5.41, 5.74) is 2.07. The topological polar surface area (TPSA) is 113 Å². The summed E-state index contributed by atoms with van der Waals surface area (Å²) in [4.78, 5) is 23.6. The van der Waals surface area contributed by atoms with E-state index in [1.165, 1.54) is 6.26 Å². The lowest BCUT2D eigenvalue weighted by atomic mass is 9.86. The summed E-state index contributed by atoms with van der Waals surface area (Å²) in [6, 6.07) is 4.52. The molecule has 1 N–H and O–H groups in total. The van der Waals surface area contributed by atoms with E-state index in [-0.39, 0.29) is 17.7 Å². The van der Waals surface area contributed by atoms with Crippen molar-refractivity contribution in [2.75, 3.05) is 53.4 Å². The van der Waals surface area contributed by atoms with Gasteiger partial charge in [0.25, 0.3) is 0 Å². The van der Waals surface area contributed by atoms with Crippen molar-refractivity contribution in [1.82, 2.24) is 19.9 Å². The molecule has 0 radical (unpaired) electrons. The maximum absolute atomic E-state index is 11.6. The van der Waals surface area contributed by atoms with Crippen LogP contribution >= 0.6 is 0 Å². The third kappa shape index (κ3) is 5.14. The molecule has 0 bridgehead atoms. The molecule has 3 aliphatic rings. The van der Waals surface area contributed by atoms with E-state index < -0.39 is 9.84 Å². The molecule has 6 rings (SSSR count). The van der Waals surface area contributed by atoms with Gasteiger partial charge in [-0.1, -0.05) is 13.8 Å². The van der Waals surface area contributed by atoms with Crippen molar-refractivity contribution < 1.29 is 13.2 Å². The largest absolute Gasteiger partial charge is 0.379 e. The van der Waals surface area contributed by atoms with E-state index in [0.717, 1.165) is 60.8 Å². The van der Waals surface area contributed by atoms with Crippen molar-refractivity contribution in [3.8, 4) is 0 Å². The predicted octanol–water partition coefficient (Wildman–Crippen LogP) is 3.77. The van der Waals surface area contributed by atoms with Crippen LogP contribution < -0.4 is 15.1 Å². The fraction of sp³-hybridized carbons (Fsp3) is 0.571. The fourth-order valence-electron chi connectivity index (χ4n) is 6.22. The summed E-state index contributed by atoms with van der Waals surface area (Å²) in [6.45, 7) is 9.79. The number of nitrogens with one attached hydrogen (secondary N) is 1. The molecule has 3 aromatic heterocycles. The second-order valence-corrected chi connectivity index (χ2v) is 13.8. The number of fused-ring (bicyclic) bond motifs is 2. The minimum Gasteiger partial charge on any atom is -0.379 e. The van der Waals surface area contributed by atoms with Gasteiger partial charge < -0.3 is 19.9 Å². The molecule has 4 atom stereocenters. The number of ether oxygens (including phenoxy) is 1. The van der Waals surface area contributed by atoms with E-state index in [2.05, 4.69) is 46.9 Å². The van der Waals surface area contributed by atoms with Crippen LogP contribution in [0.4, 0.5) is 23.3 Å². The van der Waals surface area contributed by atoms with Gasteiger partial charge in [-0.3, -0.25) is 4.98 Å². The van der Waals surface area contributed by atoms with Gasteiger partial charge in [-0.2, -0.15) is 4.98 Å². The van der Waals surface area contributed by atoms with Crippen molar-refractivity contribution in [3.05, 3.63) is 36.4 Å². The van der Waals surface area contributed by atoms with E-state index in [1.807, 2.05) is 18.5 Å². The number of pyridine rings is 2. The molecular weight excluding hydrogens is 514 g/mol. The third-order valence-corrected chi connectivity index (χ3v) is 9.54. The van der Waals surface area contributed by atoms with Crippen LogP contribution in [0.15, 0.2) is 30.7 Å². The molecule has 11 heteroatoms. The molecule has 0 aliphatic carbocycles. The highest BCUT2D eigenvalue weighted by Gasteiger charge is 2.40. The lowest BCUT2D eigenvalue weighted by molar-refractivity contribution is 0.179. The van der Waals surface area contributed by atoms with Crippen molar-refractivity contribution in [3.63, 3.8) is 0 Å². The summed E-state index contributed by atoms with van der Waals surface area (Å²) in [5, 5.41) is 5.51. The predicted molar refractivity (Wildman–Crippen MR) is 154 cm³/mol. The maximum Gasteiger partial charge on any atom is 0.227 e. The van der Waals surface area contributed by atoms with Crippen molar-refractivity contribution in [2.45, 2.75) is 51.6 Å². The van der Waals surface area contributed by atoms with E-state index in [1.54, 1.807) is 6.20 Å². The summed E-state index contributed by atoms with van der Waals surface area (Å²) >= 11 is 0. The second kappa shape index (κ2) is 10.2. The van der Waals surface area contributed by atoms with Crippen molar-refractivity contribution in [1.29, 1.82) is 0 Å². The van der Waals surface area contributed by atoms with Crippen LogP contribution in [0.5, 0.6) is 0 Å².